The van der Waals surface area contributed by atoms with E-state index in [2.05, 4.69) is 10.6 Å². The molecule has 6 amide bonds. The summed E-state index contributed by atoms with van der Waals surface area (Å²) in [7, 11) is 7.00. The quantitative estimate of drug-likeness (QED) is 0.174. The van der Waals surface area contributed by atoms with E-state index in [9.17, 15) is 38.4 Å². The van der Waals surface area contributed by atoms with Crippen LogP contribution in [0.25, 0.3) is 0 Å². The van der Waals surface area contributed by atoms with Gasteiger partial charge in [-0.25, -0.2) is 9.59 Å². The largest absolute Gasteiger partial charge is 0.478 e. The van der Waals surface area contributed by atoms with Crippen LogP contribution in [-0.2, 0) is 51.4 Å². The zero-order valence-electron chi connectivity index (χ0n) is 30.0. The maximum Gasteiger partial charge on any atom is 0.328 e. The Hall–Kier alpha value is -5.74. The topological polar surface area (TPSA) is 214 Å². The first-order valence-electron chi connectivity index (χ1n) is 16.3. The van der Waals surface area contributed by atoms with E-state index in [0.717, 1.165) is 20.9 Å². The van der Waals surface area contributed by atoms with Gasteiger partial charge in [0.1, 0.15) is 12.1 Å². The van der Waals surface area contributed by atoms with E-state index in [-0.39, 0.29) is 48.3 Å². The number of carbonyl (C=O) groups is 8. The first-order chi connectivity index (χ1) is 24.5. The standard InChI is InChI=1S/2C16H21N3O3.C4H4O4/c2*1-11(15(21)17-10-12-7-5-4-6-8-12)19-14(20)9-13(16(19)22)18(2)3;5-3(6)1-2-4(7)8/h2*4-8,11,13H,9-10H2,1-3H3,(H,17,21);1-2H,(H,5,6)(H,7,8)/b;;2-1+/t2*11-,13?;/m00./s1. The van der Waals surface area contributed by atoms with Gasteiger partial charge in [0.2, 0.25) is 35.4 Å². The molecule has 0 bridgehead atoms. The summed E-state index contributed by atoms with van der Waals surface area (Å²) in [6, 6.07) is 16.4. The lowest BCUT2D eigenvalue weighted by atomic mass is 10.2. The lowest BCUT2D eigenvalue weighted by molar-refractivity contribution is -0.147. The van der Waals surface area contributed by atoms with Gasteiger partial charge in [0.25, 0.3) is 0 Å². The van der Waals surface area contributed by atoms with Crippen molar-refractivity contribution in [1.82, 2.24) is 30.2 Å². The fourth-order valence-corrected chi connectivity index (χ4v) is 5.13. The minimum absolute atomic E-state index is 0.127. The molecule has 2 saturated heterocycles. The number of aliphatic carboxylic acids is 2. The van der Waals surface area contributed by atoms with Gasteiger partial charge in [-0.05, 0) is 53.2 Å². The molecule has 2 aromatic carbocycles. The highest BCUT2D eigenvalue weighted by Gasteiger charge is 2.45. The van der Waals surface area contributed by atoms with Crippen LogP contribution in [0.15, 0.2) is 72.8 Å². The van der Waals surface area contributed by atoms with Crippen LogP contribution in [0.3, 0.4) is 0 Å². The average Bonchev–Trinajstić information content (AvgIpc) is 3.58. The first-order valence-corrected chi connectivity index (χ1v) is 16.3. The normalized spacial score (nSPS) is 18.1. The molecule has 16 nitrogen and oxygen atoms in total. The minimum Gasteiger partial charge on any atom is -0.478 e. The highest BCUT2D eigenvalue weighted by molar-refractivity contribution is 6.09. The highest BCUT2D eigenvalue weighted by atomic mass is 16.4. The van der Waals surface area contributed by atoms with Crippen molar-refractivity contribution >= 4 is 47.4 Å². The van der Waals surface area contributed by atoms with Crippen molar-refractivity contribution < 1.29 is 48.6 Å². The Kier molecular flexibility index (Phi) is 16.5. The van der Waals surface area contributed by atoms with Gasteiger partial charge in [-0.15, -0.1) is 0 Å². The summed E-state index contributed by atoms with van der Waals surface area (Å²) in [5.74, 6) is -4.39. The molecule has 16 heteroatoms. The van der Waals surface area contributed by atoms with Gasteiger partial charge in [-0.3, -0.25) is 48.4 Å². The molecule has 280 valence electrons. The summed E-state index contributed by atoms with van der Waals surface area (Å²) in [4.78, 5) is 97.6. The third-order valence-electron chi connectivity index (χ3n) is 8.09. The predicted molar refractivity (Wildman–Crippen MR) is 188 cm³/mol. The zero-order chi connectivity index (χ0) is 39.1. The van der Waals surface area contributed by atoms with E-state index in [1.165, 1.54) is 0 Å². The van der Waals surface area contributed by atoms with Crippen LogP contribution in [0.4, 0.5) is 0 Å². The van der Waals surface area contributed by atoms with Crippen molar-refractivity contribution in [3.8, 4) is 0 Å². The number of likely N-dealkylation sites (N-methyl/N-ethyl adjacent to an activating group) is 2. The smallest absolute Gasteiger partial charge is 0.328 e. The number of amides is 6. The van der Waals surface area contributed by atoms with Crippen LogP contribution < -0.4 is 10.6 Å². The fourth-order valence-electron chi connectivity index (χ4n) is 5.13. The summed E-state index contributed by atoms with van der Waals surface area (Å²) in [6.45, 7) is 3.90. The highest BCUT2D eigenvalue weighted by Crippen LogP contribution is 2.21. The van der Waals surface area contributed by atoms with E-state index in [0.29, 0.717) is 25.2 Å². The van der Waals surface area contributed by atoms with E-state index in [1.54, 1.807) is 51.8 Å². The summed E-state index contributed by atoms with van der Waals surface area (Å²) < 4.78 is 0. The third kappa shape index (κ3) is 12.5. The number of hydrogen-bond acceptors (Lipinski definition) is 10. The van der Waals surface area contributed by atoms with E-state index >= 15 is 0 Å². The van der Waals surface area contributed by atoms with Gasteiger partial charge in [0.15, 0.2) is 0 Å². The Morgan fingerprint density at radius 3 is 1.21 bits per heavy atom. The van der Waals surface area contributed by atoms with Crippen LogP contribution >= 0.6 is 0 Å². The molecule has 0 spiro atoms. The number of carbonyl (C=O) groups excluding carboxylic acids is 6. The monoisotopic (exact) mass is 722 g/mol. The number of carboxylic acid groups (broad SMARTS) is 2. The molecule has 52 heavy (non-hydrogen) atoms. The maximum atomic E-state index is 12.3. The molecule has 2 aliphatic rings. The third-order valence-corrected chi connectivity index (χ3v) is 8.09. The van der Waals surface area contributed by atoms with Gasteiger partial charge in [-0.1, -0.05) is 60.7 Å². The van der Waals surface area contributed by atoms with Gasteiger partial charge >= 0.3 is 11.9 Å². The number of benzene rings is 2. The molecule has 0 radical (unpaired) electrons. The molecule has 2 aliphatic heterocycles. The Labute approximate surface area is 302 Å². The van der Waals surface area contributed by atoms with Crippen LogP contribution in [0.1, 0.15) is 37.8 Å². The summed E-state index contributed by atoms with van der Waals surface area (Å²) in [5.41, 5.74) is 1.93. The maximum absolute atomic E-state index is 12.3. The van der Waals surface area contributed by atoms with Crippen molar-refractivity contribution in [1.29, 1.82) is 0 Å². The molecule has 4 atom stereocenters. The van der Waals surface area contributed by atoms with Crippen molar-refractivity contribution in [2.24, 2.45) is 0 Å². The molecule has 4 N–H and O–H groups in total. The predicted octanol–water partition coefficient (Wildman–Crippen LogP) is 0.473. The van der Waals surface area contributed by atoms with Gasteiger partial charge in [0.05, 0.1) is 24.9 Å². The second-order valence-corrected chi connectivity index (χ2v) is 12.3. The van der Waals surface area contributed by atoms with Crippen LogP contribution in [-0.4, -0.2) is 130 Å². The van der Waals surface area contributed by atoms with E-state index < -0.39 is 36.1 Å². The number of nitrogens with one attached hydrogen (secondary N) is 2. The zero-order valence-corrected chi connectivity index (χ0v) is 30.0. The molecule has 0 aromatic heterocycles. The van der Waals surface area contributed by atoms with Gasteiger partial charge in [-0.2, -0.15) is 0 Å². The van der Waals surface area contributed by atoms with Crippen molar-refractivity contribution in [3.63, 3.8) is 0 Å². The summed E-state index contributed by atoms with van der Waals surface area (Å²) >= 11 is 0. The SMILES string of the molecule is C[C@@H](C(=O)NCc1ccccc1)N1C(=O)CC(N(C)C)C1=O.C[C@@H](C(=O)NCc1ccccc1)N1C(=O)CC(N(C)C)C1=O.O=C(O)/C=C/C(=O)O. The minimum atomic E-state index is -1.26. The molecule has 2 aromatic rings. The fraction of sp³-hybridized carbons (Fsp3) is 0.389. The average molecular weight is 723 g/mol. The molecular weight excluding hydrogens is 676 g/mol. The molecule has 2 fully saturated rings. The van der Waals surface area contributed by atoms with Gasteiger partial charge < -0.3 is 20.8 Å². The van der Waals surface area contributed by atoms with E-state index in [4.69, 9.17) is 10.2 Å². The molecular formula is C36H46N6O10. The second kappa shape index (κ2) is 20.2. The second-order valence-electron chi connectivity index (χ2n) is 12.3. The number of imide groups is 2. The Morgan fingerprint density at radius 1 is 0.654 bits per heavy atom. The number of rotatable bonds is 12. The van der Waals surface area contributed by atoms with Crippen molar-refractivity contribution in [3.05, 3.63) is 83.9 Å². The number of carboxylic acids is 2. The summed E-state index contributed by atoms with van der Waals surface area (Å²) in [5, 5.41) is 21.1. The van der Waals surface area contributed by atoms with Crippen molar-refractivity contribution in [2.45, 2.75) is 63.9 Å². The molecule has 2 heterocycles. The molecule has 2 unspecified atom stereocenters. The molecule has 4 rings (SSSR count). The first kappa shape index (κ1) is 42.4. The van der Waals surface area contributed by atoms with Crippen LogP contribution in [0.2, 0.25) is 0 Å². The van der Waals surface area contributed by atoms with Gasteiger partial charge in [0, 0.05) is 25.2 Å². The number of nitrogens with zero attached hydrogens (tertiary/aromatic N) is 4. The lowest BCUT2D eigenvalue weighted by Crippen LogP contribution is -2.49. The van der Waals surface area contributed by atoms with Crippen molar-refractivity contribution in [2.75, 3.05) is 28.2 Å². The number of hydrogen-bond donors (Lipinski definition) is 4. The lowest BCUT2D eigenvalue weighted by Gasteiger charge is -2.23. The van der Waals surface area contributed by atoms with Crippen LogP contribution in [0.5, 0.6) is 0 Å². The number of likely N-dealkylation sites (tertiary alicyclic amines) is 2. The molecule has 0 aliphatic carbocycles. The molecule has 0 saturated carbocycles. The van der Waals surface area contributed by atoms with Crippen LogP contribution in [0, 0.1) is 0 Å². The summed E-state index contributed by atoms with van der Waals surface area (Å²) in [6.07, 6.45) is 1.37. The Balaban J connectivity index is 0.000000299. The van der Waals surface area contributed by atoms with E-state index in [1.807, 2.05) is 60.7 Å². The Morgan fingerprint density at radius 2 is 0.962 bits per heavy atom. The Bertz CT molecular complexity index is 1510.